The van der Waals surface area contributed by atoms with Crippen molar-refractivity contribution in [2.75, 3.05) is 13.1 Å². The number of hydrogen-bond acceptors (Lipinski definition) is 2. The number of rotatable bonds is 6. The molecule has 0 aromatic carbocycles. The fourth-order valence-electron chi connectivity index (χ4n) is 2.27. The number of carbonyl (C=O) groups is 1. The summed E-state index contributed by atoms with van der Waals surface area (Å²) in [5, 5.41) is 3.36. The molecule has 0 aromatic rings. The Labute approximate surface area is 99.6 Å². The third-order valence-electron chi connectivity index (χ3n) is 3.10. The van der Waals surface area contributed by atoms with E-state index in [1.807, 2.05) is 4.90 Å². The molecule has 0 radical (unpaired) electrons. The van der Waals surface area contributed by atoms with Crippen molar-refractivity contribution in [3.63, 3.8) is 0 Å². The Morgan fingerprint density at radius 1 is 1.44 bits per heavy atom. The Balaban J connectivity index is 2.38. The predicted molar refractivity (Wildman–Crippen MR) is 67.4 cm³/mol. The first-order valence-electron chi connectivity index (χ1n) is 6.70. The monoisotopic (exact) mass is 226 g/mol. The van der Waals surface area contributed by atoms with Crippen LogP contribution in [0.15, 0.2) is 0 Å². The molecule has 1 heterocycles. The molecule has 94 valence electrons. The number of likely N-dealkylation sites (tertiary alicyclic amines) is 1. The van der Waals surface area contributed by atoms with E-state index in [0.717, 1.165) is 32.4 Å². The van der Waals surface area contributed by atoms with Gasteiger partial charge in [-0.1, -0.05) is 33.6 Å². The third kappa shape index (κ3) is 4.12. The Bertz CT molecular complexity index is 216. The van der Waals surface area contributed by atoms with Crippen molar-refractivity contribution in [1.82, 2.24) is 10.2 Å². The molecule has 0 aromatic heterocycles. The summed E-state index contributed by atoms with van der Waals surface area (Å²) < 4.78 is 0. The SMILES string of the molecule is CCCCCN1CCCC(NC(C)C)C1=O. The van der Waals surface area contributed by atoms with Gasteiger partial charge < -0.3 is 10.2 Å². The average Bonchev–Trinajstić information content (AvgIpc) is 2.23. The molecular formula is C13H26N2O. The summed E-state index contributed by atoms with van der Waals surface area (Å²) in [6, 6.07) is 0.458. The fourth-order valence-corrected chi connectivity index (χ4v) is 2.27. The highest BCUT2D eigenvalue weighted by Crippen LogP contribution is 2.13. The van der Waals surface area contributed by atoms with E-state index in [1.54, 1.807) is 0 Å². The van der Waals surface area contributed by atoms with Crippen molar-refractivity contribution in [3.8, 4) is 0 Å². The van der Waals surface area contributed by atoms with E-state index in [1.165, 1.54) is 12.8 Å². The van der Waals surface area contributed by atoms with Gasteiger partial charge in [-0.2, -0.15) is 0 Å². The zero-order valence-corrected chi connectivity index (χ0v) is 11.0. The minimum atomic E-state index is 0.0652. The van der Waals surface area contributed by atoms with Gasteiger partial charge in [0, 0.05) is 19.1 Å². The van der Waals surface area contributed by atoms with E-state index < -0.39 is 0 Å². The Morgan fingerprint density at radius 2 is 2.19 bits per heavy atom. The van der Waals surface area contributed by atoms with Gasteiger partial charge in [0.05, 0.1) is 6.04 Å². The van der Waals surface area contributed by atoms with Crippen molar-refractivity contribution < 1.29 is 4.79 Å². The lowest BCUT2D eigenvalue weighted by Crippen LogP contribution is -2.52. The number of nitrogens with zero attached hydrogens (tertiary/aromatic N) is 1. The molecule has 1 atom stereocenters. The van der Waals surface area contributed by atoms with Crippen molar-refractivity contribution in [1.29, 1.82) is 0 Å². The average molecular weight is 226 g/mol. The number of piperidine rings is 1. The summed E-state index contributed by atoms with van der Waals surface area (Å²) >= 11 is 0. The quantitative estimate of drug-likeness (QED) is 0.704. The molecule has 1 fully saturated rings. The van der Waals surface area contributed by atoms with E-state index in [2.05, 4.69) is 26.1 Å². The molecule has 1 saturated heterocycles. The second kappa shape index (κ2) is 6.89. The summed E-state index contributed by atoms with van der Waals surface area (Å²) in [5.41, 5.74) is 0. The molecule has 3 nitrogen and oxygen atoms in total. The Morgan fingerprint density at radius 3 is 2.81 bits per heavy atom. The van der Waals surface area contributed by atoms with Crippen LogP contribution in [-0.2, 0) is 4.79 Å². The number of carbonyl (C=O) groups excluding carboxylic acids is 1. The molecule has 1 amide bonds. The maximum Gasteiger partial charge on any atom is 0.239 e. The zero-order chi connectivity index (χ0) is 12.0. The van der Waals surface area contributed by atoms with Gasteiger partial charge in [-0.15, -0.1) is 0 Å². The van der Waals surface area contributed by atoms with E-state index in [0.29, 0.717) is 11.9 Å². The highest BCUT2D eigenvalue weighted by Gasteiger charge is 2.28. The lowest BCUT2D eigenvalue weighted by atomic mass is 10.0. The summed E-state index contributed by atoms with van der Waals surface area (Å²) in [6.07, 6.45) is 5.74. The zero-order valence-electron chi connectivity index (χ0n) is 11.0. The first-order valence-corrected chi connectivity index (χ1v) is 6.70. The van der Waals surface area contributed by atoms with Gasteiger partial charge in [-0.05, 0) is 19.3 Å². The van der Waals surface area contributed by atoms with Crippen LogP contribution in [0.2, 0.25) is 0 Å². The first kappa shape index (κ1) is 13.5. The molecule has 1 unspecified atom stereocenters. The van der Waals surface area contributed by atoms with Crippen LogP contribution in [0.5, 0.6) is 0 Å². The predicted octanol–water partition coefficient (Wildman–Crippen LogP) is 2.17. The minimum Gasteiger partial charge on any atom is -0.341 e. The molecule has 1 aliphatic heterocycles. The van der Waals surface area contributed by atoms with Crippen molar-refractivity contribution in [2.24, 2.45) is 0 Å². The topological polar surface area (TPSA) is 32.3 Å². The molecule has 1 aliphatic rings. The number of unbranched alkanes of at least 4 members (excludes halogenated alkanes) is 2. The van der Waals surface area contributed by atoms with Gasteiger partial charge in [0.1, 0.15) is 0 Å². The Kier molecular flexibility index (Phi) is 5.81. The van der Waals surface area contributed by atoms with Crippen LogP contribution in [0, 0.1) is 0 Å². The van der Waals surface area contributed by atoms with E-state index in [9.17, 15) is 4.79 Å². The van der Waals surface area contributed by atoms with E-state index >= 15 is 0 Å². The highest BCUT2D eigenvalue weighted by atomic mass is 16.2. The normalized spacial score (nSPS) is 21.9. The lowest BCUT2D eigenvalue weighted by molar-refractivity contribution is -0.136. The molecular weight excluding hydrogens is 200 g/mol. The summed E-state index contributed by atoms with van der Waals surface area (Å²) in [7, 11) is 0. The van der Waals surface area contributed by atoms with Crippen molar-refractivity contribution in [3.05, 3.63) is 0 Å². The summed E-state index contributed by atoms with van der Waals surface area (Å²) in [5.74, 6) is 0.316. The maximum absolute atomic E-state index is 12.1. The molecule has 3 heteroatoms. The molecule has 0 saturated carbocycles. The van der Waals surface area contributed by atoms with Gasteiger partial charge in [-0.25, -0.2) is 0 Å². The number of amides is 1. The standard InChI is InChI=1S/C13H26N2O/c1-4-5-6-9-15-10-7-8-12(13(15)16)14-11(2)3/h11-12,14H,4-10H2,1-3H3. The number of hydrogen-bond donors (Lipinski definition) is 1. The van der Waals surface area contributed by atoms with Gasteiger partial charge >= 0.3 is 0 Å². The van der Waals surface area contributed by atoms with Crippen LogP contribution >= 0.6 is 0 Å². The van der Waals surface area contributed by atoms with Gasteiger partial charge in [-0.3, -0.25) is 4.79 Å². The van der Waals surface area contributed by atoms with Crippen LogP contribution < -0.4 is 5.32 Å². The van der Waals surface area contributed by atoms with Crippen LogP contribution in [-0.4, -0.2) is 36.0 Å². The Hall–Kier alpha value is -0.570. The second-order valence-electron chi connectivity index (χ2n) is 5.05. The van der Waals surface area contributed by atoms with Crippen molar-refractivity contribution in [2.45, 2.75) is 65.0 Å². The van der Waals surface area contributed by atoms with Crippen molar-refractivity contribution >= 4 is 5.91 Å². The van der Waals surface area contributed by atoms with Crippen LogP contribution in [0.3, 0.4) is 0 Å². The minimum absolute atomic E-state index is 0.0652. The van der Waals surface area contributed by atoms with Gasteiger partial charge in [0.15, 0.2) is 0 Å². The molecule has 0 aliphatic carbocycles. The summed E-state index contributed by atoms with van der Waals surface area (Å²) in [4.78, 5) is 14.2. The first-order chi connectivity index (χ1) is 7.65. The van der Waals surface area contributed by atoms with Gasteiger partial charge in [0.25, 0.3) is 0 Å². The molecule has 0 bridgehead atoms. The molecule has 0 spiro atoms. The largest absolute Gasteiger partial charge is 0.341 e. The van der Waals surface area contributed by atoms with Crippen LogP contribution in [0.4, 0.5) is 0 Å². The van der Waals surface area contributed by atoms with Crippen LogP contribution in [0.25, 0.3) is 0 Å². The third-order valence-corrected chi connectivity index (χ3v) is 3.10. The molecule has 16 heavy (non-hydrogen) atoms. The molecule has 1 N–H and O–H groups in total. The maximum atomic E-state index is 12.1. The lowest BCUT2D eigenvalue weighted by Gasteiger charge is -2.33. The second-order valence-corrected chi connectivity index (χ2v) is 5.05. The van der Waals surface area contributed by atoms with Gasteiger partial charge in [0.2, 0.25) is 5.91 Å². The smallest absolute Gasteiger partial charge is 0.239 e. The highest BCUT2D eigenvalue weighted by molar-refractivity contribution is 5.82. The fraction of sp³-hybridized carbons (Fsp3) is 0.923. The summed E-state index contributed by atoms with van der Waals surface area (Å²) in [6.45, 7) is 8.30. The van der Waals surface area contributed by atoms with E-state index in [-0.39, 0.29) is 6.04 Å². The molecule has 1 rings (SSSR count). The van der Waals surface area contributed by atoms with E-state index in [4.69, 9.17) is 0 Å². The van der Waals surface area contributed by atoms with Crippen LogP contribution in [0.1, 0.15) is 52.9 Å². The number of nitrogens with one attached hydrogen (secondary N) is 1.